The van der Waals surface area contributed by atoms with Gasteiger partial charge >= 0.3 is 11.9 Å². The number of anilines is 1. The van der Waals surface area contributed by atoms with Crippen LogP contribution in [-0.4, -0.2) is 10.8 Å². The molecule has 0 radical (unpaired) electrons. The van der Waals surface area contributed by atoms with E-state index in [0.29, 0.717) is 17.7 Å². The molecule has 7 nitrogen and oxygen atoms in total. The second-order valence-electron chi connectivity index (χ2n) is 6.86. The molecule has 178 valence electrons. The van der Waals surface area contributed by atoms with E-state index in [1.165, 1.54) is 36.4 Å². The van der Waals surface area contributed by atoms with E-state index in [1.54, 1.807) is 6.07 Å². The highest BCUT2D eigenvalue weighted by Gasteiger charge is 2.33. The number of rotatable bonds is 6. The van der Waals surface area contributed by atoms with Crippen molar-refractivity contribution in [2.45, 2.75) is 6.18 Å². The molecule has 0 saturated carbocycles. The number of nitriles is 1. The van der Waals surface area contributed by atoms with E-state index in [2.05, 4.69) is 21.2 Å². The molecule has 3 aromatic carbocycles. The molecule has 0 bridgehead atoms. The van der Waals surface area contributed by atoms with Gasteiger partial charge in [0.15, 0.2) is 0 Å². The summed E-state index contributed by atoms with van der Waals surface area (Å²) in [4.78, 5) is 22.6. The molecule has 12 heteroatoms. The second kappa shape index (κ2) is 10.4. The maximum absolute atomic E-state index is 13.0. The van der Waals surface area contributed by atoms with Crippen molar-refractivity contribution in [2.75, 3.05) is 5.32 Å². The Balaban J connectivity index is 1.83. The van der Waals surface area contributed by atoms with E-state index in [1.807, 2.05) is 0 Å². The molecule has 0 aromatic heterocycles. The first-order valence-corrected chi connectivity index (χ1v) is 10.3. The number of nitrogens with zero attached hydrogens (tertiary/aromatic N) is 2. The third kappa shape index (κ3) is 6.42. The largest absolute Gasteiger partial charge is 0.449 e. The number of nitrogens with one attached hydrogen (secondary N) is 1. The Bertz CT molecular complexity index is 1370. The van der Waals surface area contributed by atoms with Crippen molar-refractivity contribution < 1.29 is 32.0 Å². The average Bonchev–Trinajstić information content (AvgIpc) is 2.80. The zero-order chi connectivity index (χ0) is 25.8. The van der Waals surface area contributed by atoms with Crippen LogP contribution >= 0.6 is 15.9 Å². The number of carbonyl (C=O) groups is 1. The topological polar surface area (TPSA) is 105 Å². The third-order valence-corrected chi connectivity index (χ3v) is 5.06. The summed E-state index contributed by atoms with van der Waals surface area (Å²) in [5, 5.41) is 23.0. The average molecular weight is 550 g/mol. The van der Waals surface area contributed by atoms with Gasteiger partial charge in [0.2, 0.25) is 5.75 Å². The molecule has 0 aliphatic rings. The van der Waals surface area contributed by atoms with E-state index >= 15 is 0 Å². The Morgan fingerprint density at radius 2 is 1.74 bits per heavy atom. The maximum Gasteiger partial charge on any atom is 0.416 e. The normalized spacial score (nSPS) is 11.5. The number of nitro groups is 1. The van der Waals surface area contributed by atoms with Crippen molar-refractivity contribution in [1.82, 2.24) is 0 Å². The summed E-state index contributed by atoms with van der Waals surface area (Å²) in [6, 6.07) is 12.8. The van der Waals surface area contributed by atoms with Crippen LogP contribution in [0.1, 0.15) is 11.1 Å². The van der Waals surface area contributed by atoms with E-state index in [0.717, 1.165) is 18.2 Å². The van der Waals surface area contributed by atoms with Gasteiger partial charge in [-0.2, -0.15) is 18.4 Å². The van der Waals surface area contributed by atoms with Crippen LogP contribution in [0.4, 0.5) is 28.9 Å². The van der Waals surface area contributed by atoms with Crippen molar-refractivity contribution >= 4 is 39.3 Å². The number of hydrogen-bond donors (Lipinski definition) is 1. The van der Waals surface area contributed by atoms with Crippen LogP contribution in [0, 0.1) is 27.3 Å². The summed E-state index contributed by atoms with van der Waals surface area (Å²) >= 11 is 3.20. The molecule has 0 unspecified atom stereocenters. The quantitative estimate of drug-likeness (QED) is 0.119. The molecule has 0 aliphatic heterocycles. The highest BCUT2D eigenvalue weighted by atomic mass is 79.9. The highest BCUT2D eigenvalue weighted by Crippen LogP contribution is 2.39. The Kier molecular flexibility index (Phi) is 7.51. The molecular weight excluding hydrogens is 538 g/mol. The number of halogens is 5. The van der Waals surface area contributed by atoms with Gasteiger partial charge in [0.1, 0.15) is 23.2 Å². The minimum absolute atomic E-state index is 0.0410. The van der Waals surface area contributed by atoms with Crippen LogP contribution in [-0.2, 0) is 11.0 Å². The standard InChI is InChI=1S/C23H12BrF4N3O4/c24-18-10-13(9-14(12-29)22(32)30-17-5-3-16(25)4-6-17)1-7-20(18)35-21-8-2-15(23(26,27)28)11-19(21)31(33)34/h1-11H,(H,30,32)/b14-9+. The minimum atomic E-state index is -4.76. The predicted octanol–water partition coefficient (Wildman–Crippen LogP) is 6.85. The number of amides is 1. The van der Waals surface area contributed by atoms with Crippen LogP contribution in [0.15, 0.2) is 70.7 Å². The molecule has 0 aliphatic carbocycles. The minimum Gasteiger partial charge on any atom is -0.449 e. The molecule has 0 atom stereocenters. The molecule has 0 heterocycles. The van der Waals surface area contributed by atoms with Gasteiger partial charge in [0.25, 0.3) is 5.91 Å². The first-order valence-electron chi connectivity index (χ1n) is 9.49. The molecule has 3 rings (SSSR count). The number of ether oxygens (including phenoxy) is 1. The zero-order valence-electron chi connectivity index (χ0n) is 17.3. The van der Waals surface area contributed by atoms with Crippen LogP contribution in [0.25, 0.3) is 6.08 Å². The lowest BCUT2D eigenvalue weighted by atomic mass is 10.1. The molecule has 3 aromatic rings. The van der Waals surface area contributed by atoms with Gasteiger partial charge in [-0.05, 0) is 76.1 Å². The zero-order valence-corrected chi connectivity index (χ0v) is 18.9. The number of alkyl halides is 3. The summed E-state index contributed by atoms with van der Waals surface area (Å²) in [5.74, 6) is -1.61. The summed E-state index contributed by atoms with van der Waals surface area (Å²) in [7, 11) is 0. The van der Waals surface area contributed by atoms with Crippen molar-refractivity contribution in [3.63, 3.8) is 0 Å². The molecule has 1 amide bonds. The van der Waals surface area contributed by atoms with Crippen molar-refractivity contribution in [2.24, 2.45) is 0 Å². The van der Waals surface area contributed by atoms with Gasteiger partial charge in [-0.25, -0.2) is 4.39 Å². The van der Waals surface area contributed by atoms with Crippen LogP contribution < -0.4 is 10.1 Å². The summed E-state index contributed by atoms with van der Waals surface area (Å²) in [6.07, 6.45) is -3.51. The maximum atomic E-state index is 13.0. The molecule has 1 N–H and O–H groups in total. The number of nitro benzene ring substituents is 1. The summed E-state index contributed by atoms with van der Waals surface area (Å²) in [6.45, 7) is 0. The Hall–Kier alpha value is -4.24. The van der Waals surface area contributed by atoms with Gasteiger partial charge in [0.05, 0.1) is 15.0 Å². The van der Waals surface area contributed by atoms with Crippen molar-refractivity contribution in [3.05, 3.63) is 97.8 Å². The number of benzene rings is 3. The molecular formula is C23H12BrF4N3O4. The third-order valence-electron chi connectivity index (χ3n) is 4.44. The van der Waals surface area contributed by atoms with Gasteiger partial charge in [-0.3, -0.25) is 14.9 Å². The lowest BCUT2D eigenvalue weighted by Crippen LogP contribution is -2.13. The van der Waals surface area contributed by atoms with Gasteiger partial charge in [-0.15, -0.1) is 0 Å². The molecule has 35 heavy (non-hydrogen) atoms. The molecule has 0 spiro atoms. The fourth-order valence-corrected chi connectivity index (χ4v) is 3.26. The van der Waals surface area contributed by atoms with Crippen molar-refractivity contribution in [1.29, 1.82) is 5.26 Å². The van der Waals surface area contributed by atoms with E-state index in [-0.39, 0.29) is 21.5 Å². The molecule has 0 saturated heterocycles. The SMILES string of the molecule is N#C/C(=C\c1ccc(Oc2ccc(C(F)(F)F)cc2[N+](=O)[O-])c(Br)c1)C(=O)Nc1ccc(F)cc1. The lowest BCUT2D eigenvalue weighted by molar-refractivity contribution is -0.385. The van der Waals surface area contributed by atoms with Gasteiger partial charge in [-0.1, -0.05) is 6.07 Å². The van der Waals surface area contributed by atoms with Crippen LogP contribution in [0.5, 0.6) is 11.5 Å². The highest BCUT2D eigenvalue weighted by molar-refractivity contribution is 9.10. The predicted molar refractivity (Wildman–Crippen MR) is 121 cm³/mol. The van der Waals surface area contributed by atoms with Crippen molar-refractivity contribution in [3.8, 4) is 17.6 Å². The van der Waals surface area contributed by atoms with E-state index in [9.17, 15) is 37.7 Å². The fourth-order valence-electron chi connectivity index (χ4n) is 2.78. The number of carbonyl (C=O) groups excluding carboxylic acids is 1. The van der Waals surface area contributed by atoms with Gasteiger partial charge < -0.3 is 10.1 Å². The molecule has 0 fully saturated rings. The van der Waals surface area contributed by atoms with Gasteiger partial charge in [0, 0.05) is 11.8 Å². The van der Waals surface area contributed by atoms with E-state index < -0.39 is 39.8 Å². The van der Waals surface area contributed by atoms with Crippen LogP contribution in [0.2, 0.25) is 0 Å². The monoisotopic (exact) mass is 549 g/mol. The Morgan fingerprint density at radius 1 is 1.09 bits per heavy atom. The first kappa shape index (κ1) is 25.4. The summed E-state index contributed by atoms with van der Waals surface area (Å²) in [5.41, 5.74) is -1.69. The Labute approximate surface area is 203 Å². The number of hydrogen-bond acceptors (Lipinski definition) is 5. The summed E-state index contributed by atoms with van der Waals surface area (Å²) < 4.78 is 57.3. The lowest BCUT2D eigenvalue weighted by Gasteiger charge is -2.11. The second-order valence-corrected chi connectivity index (χ2v) is 7.71. The van der Waals surface area contributed by atoms with Crippen LogP contribution in [0.3, 0.4) is 0 Å². The Morgan fingerprint density at radius 3 is 2.31 bits per heavy atom. The smallest absolute Gasteiger partial charge is 0.416 e. The fraction of sp³-hybridized carbons (Fsp3) is 0.0435. The first-order chi connectivity index (χ1) is 16.5. The van der Waals surface area contributed by atoms with E-state index in [4.69, 9.17) is 4.74 Å².